The number of hydrogen-bond donors (Lipinski definition) is 4. The fourth-order valence-electron chi connectivity index (χ4n) is 4.05. The molecule has 5 N–H and O–H groups in total. The van der Waals surface area contributed by atoms with E-state index in [0.29, 0.717) is 5.69 Å². The SMILES string of the molecule is Cc1ccc(C(=O)N[C@@H](Cc2ccc(-c3ccccc3)cc2)C(N)=O)cc1NCc1c(F)ccc(O)c1F. The molecule has 194 valence electrons. The van der Waals surface area contributed by atoms with Crippen molar-refractivity contribution in [3.63, 3.8) is 0 Å². The van der Waals surface area contributed by atoms with Crippen LogP contribution in [-0.4, -0.2) is 23.0 Å². The number of halogens is 2. The molecule has 4 aromatic carbocycles. The standard InChI is InChI=1S/C30H27F2N3O3/c1-18-7-10-22(16-25(18)34-17-23-24(31)13-14-27(36)28(23)32)30(38)35-26(29(33)37)15-19-8-11-21(12-9-19)20-5-3-2-4-6-20/h2-14,16,26,34,36H,15,17H2,1H3,(H2,33,37)(H,35,38)/t26-/m0/s1. The number of aryl methyl sites for hydroxylation is 1. The number of phenolic OH excluding ortho intramolecular Hbond substituents is 1. The lowest BCUT2D eigenvalue weighted by Crippen LogP contribution is -2.45. The maximum Gasteiger partial charge on any atom is 0.252 e. The molecular weight excluding hydrogens is 488 g/mol. The Bertz CT molecular complexity index is 1460. The van der Waals surface area contributed by atoms with E-state index in [1.54, 1.807) is 19.1 Å². The topological polar surface area (TPSA) is 104 Å². The highest BCUT2D eigenvalue weighted by atomic mass is 19.1. The Labute approximate surface area is 219 Å². The van der Waals surface area contributed by atoms with Gasteiger partial charge >= 0.3 is 0 Å². The summed E-state index contributed by atoms with van der Waals surface area (Å²) >= 11 is 0. The maximum atomic E-state index is 14.1. The van der Waals surface area contributed by atoms with Gasteiger partial charge in [-0.25, -0.2) is 8.78 Å². The number of benzene rings is 4. The summed E-state index contributed by atoms with van der Waals surface area (Å²) in [6.07, 6.45) is 0.211. The molecule has 4 aromatic rings. The van der Waals surface area contributed by atoms with Crippen molar-refractivity contribution in [2.24, 2.45) is 5.73 Å². The zero-order valence-corrected chi connectivity index (χ0v) is 20.7. The van der Waals surface area contributed by atoms with Gasteiger partial charge in [0.25, 0.3) is 5.91 Å². The lowest BCUT2D eigenvalue weighted by atomic mass is 10.00. The Morgan fingerprint density at radius 1 is 0.921 bits per heavy atom. The Morgan fingerprint density at radius 2 is 1.61 bits per heavy atom. The number of aromatic hydroxyl groups is 1. The van der Waals surface area contributed by atoms with Crippen molar-refractivity contribution in [3.05, 3.63) is 119 Å². The van der Waals surface area contributed by atoms with Gasteiger partial charge in [0.1, 0.15) is 11.9 Å². The van der Waals surface area contributed by atoms with Crippen LogP contribution in [0.1, 0.15) is 27.0 Å². The Morgan fingerprint density at radius 3 is 2.29 bits per heavy atom. The van der Waals surface area contributed by atoms with Crippen molar-refractivity contribution in [1.82, 2.24) is 5.32 Å². The number of primary amides is 1. The van der Waals surface area contributed by atoms with Crippen molar-refractivity contribution in [1.29, 1.82) is 0 Å². The monoisotopic (exact) mass is 515 g/mol. The molecule has 6 nitrogen and oxygen atoms in total. The number of rotatable bonds is 9. The first-order valence-corrected chi connectivity index (χ1v) is 12.0. The normalized spacial score (nSPS) is 11.6. The average molecular weight is 516 g/mol. The van der Waals surface area contributed by atoms with Crippen LogP contribution in [0.4, 0.5) is 14.5 Å². The predicted octanol–water partition coefficient (Wildman–Crippen LogP) is 5.08. The highest BCUT2D eigenvalue weighted by Crippen LogP contribution is 2.25. The second-order valence-corrected chi connectivity index (χ2v) is 8.94. The van der Waals surface area contributed by atoms with Gasteiger partial charge in [-0.1, -0.05) is 60.7 Å². The van der Waals surface area contributed by atoms with Gasteiger partial charge in [-0.3, -0.25) is 9.59 Å². The number of phenols is 1. The molecule has 0 heterocycles. The van der Waals surface area contributed by atoms with Gasteiger partial charge in [0.15, 0.2) is 11.6 Å². The fourth-order valence-corrected chi connectivity index (χ4v) is 4.05. The number of hydrogen-bond acceptors (Lipinski definition) is 4. The second-order valence-electron chi connectivity index (χ2n) is 8.94. The fraction of sp³-hybridized carbons (Fsp3) is 0.133. The van der Waals surface area contributed by atoms with E-state index >= 15 is 0 Å². The Kier molecular flexibility index (Phi) is 8.01. The molecule has 0 saturated heterocycles. The highest BCUT2D eigenvalue weighted by molar-refractivity contribution is 5.98. The molecule has 0 aliphatic rings. The van der Waals surface area contributed by atoms with E-state index in [1.165, 1.54) is 6.07 Å². The van der Waals surface area contributed by atoms with Crippen molar-refractivity contribution in [2.75, 3.05) is 5.32 Å². The van der Waals surface area contributed by atoms with Gasteiger partial charge in [0.2, 0.25) is 5.91 Å². The quantitative estimate of drug-likeness (QED) is 0.249. The van der Waals surface area contributed by atoms with E-state index in [0.717, 1.165) is 34.4 Å². The third-order valence-corrected chi connectivity index (χ3v) is 6.27. The van der Waals surface area contributed by atoms with Crippen molar-refractivity contribution in [2.45, 2.75) is 25.9 Å². The van der Waals surface area contributed by atoms with Crippen LogP contribution < -0.4 is 16.4 Å². The molecule has 8 heteroatoms. The number of nitrogens with two attached hydrogens (primary N) is 1. The summed E-state index contributed by atoms with van der Waals surface area (Å²) in [5.41, 5.74) is 9.61. The van der Waals surface area contributed by atoms with Crippen molar-refractivity contribution in [3.8, 4) is 16.9 Å². The lowest BCUT2D eigenvalue weighted by Gasteiger charge is -2.17. The number of carbonyl (C=O) groups is 2. The van der Waals surface area contributed by atoms with E-state index in [1.807, 2.05) is 54.6 Å². The number of anilines is 1. The first kappa shape index (κ1) is 26.3. The van der Waals surface area contributed by atoms with Gasteiger partial charge in [0.05, 0.1) is 0 Å². The summed E-state index contributed by atoms with van der Waals surface area (Å²) in [5.74, 6) is -3.70. The molecule has 0 spiro atoms. The van der Waals surface area contributed by atoms with E-state index in [-0.39, 0.29) is 24.1 Å². The minimum absolute atomic E-state index is 0.211. The third kappa shape index (κ3) is 6.15. The third-order valence-electron chi connectivity index (χ3n) is 6.27. The summed E-state index contributed by atoms with van der Waals surface area (Å²) in [6, 6.07) is 23.3. The first-order valence-electron chi connectivity index (χ1n) is 12.0. The van der Waals surface area contributed by atoms with Crippen LogP contribution in [0, 0.1) is 18.6 Å². The van der Waals surface area contributed by atoms with Crippen LogP contribution in [0.15, 0.2) is 84.9 Å². The molecular formula is C30H27F2N3O3. The van der Waals surface area contributed by atoms with Crippen LogP contribution >= 0.6 is 0 Å². The predicted molar refractivity (Wildman–Crippen MR) is 143 cm³/mol. The summed E-state index contributed by atoms with van der Waals surface area (Å²) < 4.78 is 28.2. The zero-order valence-electron chi connectivity index (χ0n) is 20.7. The molecule has 0 aromatic heterocycles. The summed E-state index contributed by atoms with van der Waals surface area (Å²) in [4.78, 5) is 25.1. The Balaban J connectivity index is 1.45. The molecule has 4 rings (SSSR count). The van der Waals surface area contributed by atoms with Gasteiger partial charge in [-0.05, 0) is 53.4 Å². The van der Waals surface area contributed by atoms with E-state index < -0.39 is 35.2 Å². The van der Waals surface area contributed by atoms with Crippen molar-refractivity contribution < 1.29 is 23.5 Å². The van der Waals surface area contributed by atoms with Crippen LogP contribution in [0.25, 0.3) is 11.1 Å². The summed E-state index contributed by atoms with van der Waals surface area (Å²) in [6.45, 7) is 1.52. The second kappa shape index (κ2) is 11.6. The first-order chi connectivity index (χ1) is 18.2. The van der Waals surface area contributed by atoms with Gasteiger partial charge in [0, 0.05) is 29.8 Å². The Hall–Kier alpha value is -4.72. The molecule has 0 fully saturated rings. The van der Waals surface area contributed by atoms with E-state index in [4.69, 9.17) is 5.73 Å². The highest BCUT2D eigenvalue weighted by Gasteiger charge is 2.20. The molecule has 0 bridgehead atoms. The van der Waals surface area contributed by atoms with Crippen molar-refractivity contribution >= 4 is 17.5 Å². The van der Waals surface area contributed by atoms with E-state index in [9.17, 15) is 23.5 Å². The number of carbonyl (C=O) groups excluding carboxylic acids is 2. The van der Waals surface area contributed by atoms with E-state index in [2.05, 4.69) is 10.6 Å². The minimum Gasteiger partial charge on any atom is -0.505 e. The number of amides is 2. The van der Waals surface area contributed by atoms with Crippen LogP contribution in [0.2, 0.25) is 0 Å². The molecule has 0 radical (unpaired) electrons. The van der Waals surface area contributed by atoms with Gasteiger partial charge in [-0.15, -0.1) is 0 Å². The minimum atomic E-state index is -1.05. The van der Waals surface area contributed by atoms with Crippen LogP contribution in [0.5, 0.6) is 5.75 Å². The molecule has 38 heavy (non-hydrogen) atoms. The average Bonchev–Trinajstić information content (AvgIpc) is 2.92. The van der Waals surface area contributed by atoms with Gasteiger partial charge < -0.3 is 21.5 Å². The molecule has 0 aliphatic carbocycles. The smallest absolute Gasteiger partial charge is 0.252 e. The molecule has 1 atom stereocenters. The largest absolute Gasteiger partial charge is 0.505 e. The lowest BCUT2D eigenvalue weighted by molar-refractivity contribution is -0.119. The van der Waals surface area contributed by atoms with Crippen LogP contribution in [0.3, 0.4) is 0 Å². The molecule has 0 saturated carbocycles. The number of nitrogens with one attached hydrogen (secondary N) is 2. The zero-order chi connectivity index (χ0) is 27.2. The van der Waals surface area contributed by atoms with Crippen LogP contribution in [-0.2, 0) is 17.8 Å². The summed E-state index contributed by atoms with van der Waals surface area (Å²) in [7, 11) is 0. The maximum absolute atomic E-state index is 14.1. The molecule has 0 unspecified atom stereocenters. The van der Waals surface area contributed by atoms with Gasteiger partial charge in [-0.2, -0.15) is 0 Å². The molecule has 2 amide bonds. The molecule has 0 aliphatic heterocycles. The summed E-state index contributed by atoms with van der Waals surface area (Å²) in [5, 5.41) is 15.1.